The number of H-pyrrole nitrogens is 1. The lowest BCUT2D eigenvalue weighted by Crippen LogP contribution is -2.09. The minimum atomic E-state index is -0.378. The quantitative estimate of drug-likeness (QED) is 0.549. The zero-order chi connectivity index (χ0) is 21.5. The SMILES string of the molecule is COc1ccc(-c2nc(NC(=O)/C=C/c3ccc(OC)c(OC)c3)n[nH]2)c(OC)c1. The van der Waals surface area contributed by atoms with Gasteiger partial charge in [0.05, 0.1) is 34.0 Å². The molecule has 0 saturated heterocycles. The lowest BCUT2D eigenvalue weighted by atomic mass is 10.2. The molecule has 30 heavy (non-hydrogen) atoms. The summed E-state index contributed by atoms with van der Waals surface area (Å²) in [5.41, 5.74) is 1.47. The summed E-state index contributed by atoms with van der Waals surface area (Å²) in [7, 11) is 6.24. The number of methoxy groups -OCH3 is 4. The third-order valence-electron chi connectivity index (χ3n) is 4.22. The van der Waals surface area contributed by atoms with E-state index in [-0.39, 0.29) is 11.9 Å². The van der Waals surface area contributed by atoms with E-state index < -0.39 is 0 Å². The van der Waals surface area contributed by atoms with E-state index in [1.54, 1.807) is 64.8 Å². The molecule has 0 unspecified atom stereocenters. The summed E-state index contributed by atoms with van der Waals surface area (Å²) in [4.78, 5) is 16.5. The predicted octanol–water partition coefficient (Wildman–Crippen LogP) is 3.16. The fourth-order valence-electron chi connectivity index (χ4n) is 2.71. The van der Waals surface area contributed by atoms with Crippen LogP contribution < -0.4 is 24.3 Å². The molecule has 0 aliphatic rings. The van der Waals surface area contributed by atoms with Crippen LogP contribution in [0.5, 0.6) is 23.0 Å². The molecular formula is C21H22N4O5. The number of benzene rings is 2. The first-order valence-electron chi connectivity index (χ1n) is 8.93. The number of hydrogen-bond donors (Lipinski definition) is 2. The molecule has 9 heteroatoms. The van der Waals surface area contributed by atoms with Gasteiger partial charge < -0.3 is 18.9 Å². The van der Waals surface area contributed by atoms with Gasteiger partial charge in [-0.25, -0.2) is 0 Å². The van der Waals surface area contributed by atoms with Crippen LogP contribution in [0.3, 0.4) is 0 Å². The highest BCUT2D eigenvalue weighted by molar-refractivity contribution is 6.01. The van der Waals surface area contributed by atoms with Crippen LogP contribution in [-0.2, 0) is 4.79 Å². The smallest absolute Gasteiger partial charge is 0.250 e. The largest absolute Gasteiger partial charge is 0.497 e. The number of carbonyl (C=O) groups excluding carboxylic acids is 1. The molecular weight excluding hydrogens is 388 g/mol. The Kier molecular flexibility index (Phi) is 6.53. The number of nitrogens with zero attached hydrogens (tertiary/aromatic N) is 2. The van der Waals surface area contributed by atoms with Gasteiger partial charge in [-0.05, 0) is 35.9 Å². The Labute approximate surface area is 173 Å². The maximum atomic E-state index is 12.2. The van der Waals surface area contributed by atoms with Crippen molar-refractivity contribution in [1.82, 2.24) is 15.2 Å². The predicted molar refractivity (Wildman–Crippen MR) is 112 cm³/mol. The van der Waals surface area contributed by atoms with Gasteiger partial charge in [0.1, 0.15) is 11.5 Å². The van der Waals surface area contributed by atoms with Gasteiger partial charge >= 0.3 is 0 Å². The van der Waals surface area contributed by atoms with Crippen LogP contribution >= 0.6 is 0 Å². The highest BCUT2D eigenvalue weighted by Crippen LogP contribution is 2.31. The van der Waals surface area contributed by atoms with Crippen molar-refractivity contribution in [2.75, 3.05) is 33.8 Å². The van der Waals surface area contributed by atoms with Crippen LogP contribution in [0, 0.1) is 0 Å². The maximum absolute atomic E-state index is 12.2. The Bertz CT molecular complexity index is 1060. The molecule has 0 spiro atoms. The molecule has 1 amide bonds. The molecule has 0 aliphatic carbocycles. The van der Waals surface area contributed by atoms with Crippen molar-refractivity contribution in [1.29, 1.82) is 0 Å². The molecule has 0 bridgehead atoms. The second kappa shape index (κ2) is 9.46. The number of ether oxygens (including phenoxy) is 4. The first-order valence-corrected chi connectivity index (χ1v) is 8.93. The van der Waals surface area contributed by atoms with Crippen molar-refractivity contribution in [2.45, 2.75) is 0 Å². The molecule has 1 aromatic heterocycles. The van der Waals surface area contributed by atoms with Crippen LogP contribution in [0.1, 0.15) is 5.56 Å². The van der Waals surface area contributed by atoms with Crippen molar-refractivity contribution in [3.05, 3.63) is 48.0 Å². The minimum Gasteiger partial charge on any atom is -0.497 e. The highest BCUT2D eigenvalue weighted by Gasteiger charge is 2.13. The molecule has 0 atom stereocenters. The molecule has 0 saturated carbocycles. The summed E-state index contributed by atoms with van der Waals surface area (Å²) in [6.45, 7) is 0. The van der Waals surface area contributed by atoms with E-state index in [4.69, 9.17) is 18.9 Å². The first-order chi connectivity index (χ1) is 14.6. The van der Waals surface area contributed by atoms with E-state index in [9.17, 15) is 4.79 Å². The number of amides is 1. The van der Waals surface area contributed by atoms with E-state index in [0.717, 1.165) is 5.56 Å². The molecule has 0 fully saturated rings. The molecule has 9 nitrogen and oxygen atoms in total. The average Bonchev–Trinajstić information content (AvgIpc) is 3.24. The monoisotopic (exact) mass is 410 g/mol. The summed E-state index contributed by atoms with van der Waals surface area (Å²) in [6, 6.07) is 10.7. The fraction of sp³-hybridized carbons (Fsp3) is 0.190. The van der Waals surface area contributed by atoms with Gasteiger partial charge in [0, 0.05) is 12.1 Å². The van der Waals surface area contributed by atoms with E-state index in [2.05, 4.69) is 20.5 Å². The average molecular weight is 410 g/mol. The summed E-state index contributed by atoms with van der Waals surface area (Å²) in [6.07, 6.45) is 3.03. The zero-order valence-electron chi connectivity index (χ0n) is 17.1. The van der Waals surface area contributed by atoms with Gasteiger partial charge in [-0.2, -0.15) is 4.98 Å². The number of anilines is 1. The molecule has 3 aromatic rings. The second-order valence-electron chi connectivity index (χ2n) is 6.01. The standard InChI is InChI=1S/C21H22N4O5/c1-27-14-7-8-15(17(12-14)29-3)20-23-21(25-24-20)22-19(26)10-6-13-5-9-16(28-2)18(11-13)30-4/h5-12H,1-4H3,(H2,22,23,24,25,26)/b10-6+. The molecule has 0 radical (unpaired) electrons. The summed E-state index contributed by atoms with van der Waals surface area (Å²) in [5, 5.41) is 9.43. The van der Waals surface area contributed by atoms with Crippen LogP contribution in [0.4, 0.5) is 5.95 Å². The summed E-state index contributed by atoms with van der Waals surface area (Å²) >= 11 is 0. The van der Waals surface area contributed by atoms with Gasteiger partial charge in [0.2, 0.25) is 5.95 Å². The van der Waals surface area contributed by atoms with Crippen molar-refractivity contribution < 1.29 is 23.7 Å². The third kappa shape index (κ3) is 4.69. The van der Waals surface area contributed by atoms with Crippen LogP contribution in [0.15, 0.2) is 42.5 Å². The summed E-state index contributed by atoms with van der Waals surface area (Å²) < 4.78 is 21.0. The lowest BCUT2D eigenvalue weighted by molar-refractivity contribution is -0.111. The molecule has 0 aliphatic heterocycles. The van der Waals surface area contributed by atoms with Gasteiger partial charge in [0.15, 0.2) is 17.3 Å². The summed E-state index contributed by atoms with van der Waals surface area (Å²) in [5.74, 6) is 2.63. The third-order valence-corrected chi connectivity index (χ3v) is 4.22. The molecule has 2 N–H and O–H groups in total. The number of aromatic amines is 1. The lowest BCUT2D eigenvalue weighted by Gasteiger charge is -2.07. The second-order valence-corrected chi connectivity index (χ2v) is 6.01. The van der Waals surface area contributed by atoms with Gasteiger partial charge in [-0.1, -0.05) is 6.07 Å². The number of aromatic nitrogens is 3. The number of hydrogen-bond acceptors (Lipinski definition) is 7. The fourth-order valence-corrected chi connectivity index (χ4v) is 2.71. The molecule has 1 heterocycles. The topological polar surface area (TPSA) is 108 Å². The Morgan fingerprint density at radius 1 is 0.933 bits per heavy atom. The van der Waals surface area contributed by atoms with E-state index >= 15 is 0 Å². The highest BCUT2D eigenvalue weighted by atomic mass is 16.5. The van der Waals surface area contributed by atoms with Gasteiger partial charge in [0.25, 0.3) is 5.91 Å². The van der Waals surface area contributed by atoms with Gasteiger partial charge in [-0.3, -0.25) is 15.2 Å². The van der Waals surface area contributed by atoms with Crippen LogP contribution in [-0.4, -0.2) is 49.5 Å². The van der Waals surface area contributed by atoms with Crippen LogP contribution in [0.25, 0.3) is 17.5 Å². The van der Waals surface area contributed by atoms with Crippen molar-refractivity contribution in [2.24, 2.45) is 0 Å². The molecule has 156 valence electrons. The maximum Gasteiger partial charge on any atom is 0.250 e. The number of nitrogens with one attached hydrogen (secondary N) is 2. The Morgan fingerprint density at radius 2 is 1.70 bits per heavy atom. The van der Waals surface area contributed by atoms with Gasteiger partial charge in [-0.15, -0.1) is 5.10 Å². The van der Waals surface area contributed by atoms with E-state index in [1.165, 1.54) is 6.08 Å². The number of rotatable bonds is 8. The van der Waals surface area contributed by atoms with Crippen molar-refractivity contribution in [3.8, 4) is 34.4 Å². The zero-order valence-corrected chi connectivity index (χ0v) is 17.1. The van der Waals surface area contributed by atoms with Crippen molar-refractivity contribution >= 4 is 17.9 Å². The molecule has 3 rings (SSSR count). The first kappa shape index (κ1) is 20.7. The minimum absolute atomic E-state index is 0.143. The Hall–Kier alpha value is -4.01. The Morgan fingerprint density at radius 3 is 2.40 bits per heavy atom. The van der Waals surface area contributed by atoms with Crippen molar-refractivity contribution in [3.63, 3.8) is 0 Å². The van der Waals surface area contributed by atoms with Crippen LogP contribution in [0.2, 0.25) is 0 Å². The molecule has 2 aromatic carbocycles. The van der Waals surface area contributed by atoms with E-state index in [0.29, 0.717) is 34.4 Å². The van der Waals surface area contributed by atoms with E-state index in [1.807, 2.05) is 6.07 Å². The Balaban J connectivity index is 1.70. The number of carbonyl (C=O) groups is 1. The normalized spacial score (nSPS) is 10.7.